The van der Waals surface area contributed by atoms with Crippen LogP contribution in [0.4, 0.5) is 11.4 Å². The molecule has 0 bridgehead atoms. The third-order valence-corrected chi connectivity index (χ3v) is 14.4. The first-order chi connectivity index (χ1) is 39.5. The summed E-state index contributed by atoms with van der Waals surface area (Å²) >= 11 is 0. The lowest BCUT2D eigenvalue weighted by Crippen LogP contribution is -2.34. The van der Waals surface area contributed by atoms with Crippen LogP contribution in [0.2, 0.25) is 0 Å². The zero-order valence-electron chi connectivity index (χ0n) is 48.2. The number of hydrogen-bond donors (Lipinski definition) is 5. The number of benzene rings is 4. The lowest BCUT2D eigenvalue weighted by atomic mass is 9.73. The van der Waals surface area contributed by atoms with Gasteiger partial charge in [0, 0.05) is 110 Å². The van der Waals surface area contributed by atoms with Gasteiger partial charge in [-0.3, -0.25) is 24.2 Å². The van der Waals surface area contributed by atoms with Crippen molar-refractivity contribution in [2.75, 3.05) is 82.6 Å². The van der Waals surface area contributed by atoms with Gasteiger partial charge in [0.2, 0.25) is 17.7 Å². The molecule has 4 aromatic carbocycles. The van der Waals surface area contributed by atoms with Gasteiger partial charge in [0.05, 0.1) is 68.8 Å². The fourth-order valence-corrected chi connectivity index (χ4v) is 10.4. The molecule has 1 aromatic heterocycles. The van der Waals surface area contributed by atoms with Crippen LogP contribution in [0.5, 0.6) is 5.75 Å². The van der Waals surface area contributed by atoms with Crippen LogP contribution < -0.4 is 30.9 Å². The highest BCUT2D eigenvalue weighted by Crippen LogP contribution is 2.50. The molecule has 3 heterocycles. The van der Waals surface area contributed by atoms with Crippen LogP contribution >= 0.6 is 0 Å². The number of rotatable bonds is 26. The fraction of sp³-hybridized carbons (Fsp3) is 0.429. The fourth-order valence-electron chi connectivity index (χ4n) is 10.4. The largest absolute Gasteiger partial charge is 0.478 e. The Labute approximate surface area is 479 Å². The summed E-state index contributed by atoms with van der Waals surface area (Å²) < 4.78 is 25.3. The van der Waals surface area contributed by atoms with E-state index in [0.717, 1.165) is 57.0 Å². The third kappa shape index (κ3) is 15.1. The maximum absolute atomic E-state index is 14.0. The Hall–Kier alpha value is -8.00. The van der Waals surface area contributed by atoms with Crippen molar-refractivity contribution in [3.05, 3.63) is 136 Å². The van der Waals surface area contributed by atoms with E-state index < -0.39 is 17.8 Å². The number of fused-ring (bicyclic) bond motifs is 7. The molecule has 4 amide bonds. The van der Waals surface area contributed by atoms with Crippen molar-refractivity contribution < 1.29 is 48.0 Å². The highest BCUT2D eigenvalue weighted by Gasteiger charge is 2.40. The summed E-state index contributed by atoms with van der Waals surface area (Å²) in [5.41, 5.74) is 10.2. The number of amides is 4. The van der Waals surface area contributed by atoms with Crippen molar-refractivity contribution in [3.8, 4) is 28.3 Å². The summed E-state index contributed by atoms with van der Waals surface area (Å²) in [6.45, 7) is 19.1. The number of carboxylic acids is 1. The first-order valence-corrected chi connectivity index (χ1v) is 28.4. The Bertz CT molecular complexity index is 3230. The average molecular weight is 1120 g/mol. The summed E-state index contributed by atoms with van der Waals surface area (Å²) in [5.74, 6) is -1.39. The van der Waals surface area contributed by atoms with Gasteiger partial charge in [-0.2, -0.15) is 0 Å². The second-order valence-corrected chi connectivity index (χ2v) is 21.8. The standard InChI is InChI=1S/C63H77N9O10/c1-8-64-50-36-53-48(33-40(50)3)58(49-34-41(4)51(65-9-2)37-54(49)82-53)45-21-20-42(35-47(45)62(77)78)61(76)67-25-28-80-30-32-81-31-29-79-27-24-66-56(74)22-23-57(75)71-38-43-15-10-11-16-44(43)60-59(46-17-12-13-18-52(46)71)69-70-72(60)26-14-19-55(73)68-39-63(5,6)7/h10-13,15-18,20-21,33-37,48,58,65H,8-9,14,19,22-32,38-39H2,1-7H3,(H,66,74)(H,67,76)(H,68,73)(H,77,78)/b64-50-. The maximum Gasteiger partial charge on any atom is 0.336 e. The number of aromatic carboxylic acids is 1. The van der Waals surface area contributed by atoms with Gasteiger partial charge in [-0.05, 0) is 86.1 Å². The minimum atomic E-state index is -1.14. The van der Waals surface area contributed by atoms with E-state index in [-0.39, 0.29) is 92.5 Å². The number of para-hydroxylation sites is 1. The molecule has 0 saturated heterocycles. The Morgan fingerprint density at radius 1 is 0.793 bits per heavy atom. The second-order valence-electron chi connectivity index (χ2n) is 21.8. The quantitative estimate of drug-likeness (QED) is 0.0326. The molecule has 3 aliphatic rings. The van der Waals surface area contributed by atoms with Gasteiger partial charge < -0.3 is 50.2 Å². The van der Waals surface area contributed by atoms with Crippen molar-refractivity contribution in [1.29, 1.82) is 0 Å². The molecule has 2 atom stereocenters. The molecule has 8 rings (SSSR count). The summed E-state index contributed by atoms with van der Waals surface area (Å²) in [5, 5.41) is 31.8. The molecule has 0 radical (unpaired) electrons. The molecule has 5 N–H and O–H groups in total. The van der Waals surface area contributed by atoms with E-state index in [1.807, 2.05) is 93.1 Å². The van der Waals surface area contributed by atoms with Crippen molar-refractivity contribution in [2.24, 2.45) is 16.3 Å². The number of aliphatic imine (C=N–C) groups is 1. The number of ether oxygens (including phenoxy) is 4. The molecule has 1 aliphatic carbocycles. The van der Waals surface area contributed by atoms with Crippen molar-refractivity contribution in [3.63, 3.8) is 0 Å². The number of aromatic nitrogens is 3. The molecule has 0 saturated carbocycles. The molecule has 2 unspecified atom stereocenters. The zero-order valence-corrected chi connectivity index (χ0v) is 48.2. The number of carbonyl (C=O) groups is 5. The summed E-state index contributed by atoms with van der Waals surface area (Å²) in [4.78, 5) is 72.2. The van der Waals surface area contributed by atoms with E-state index in [9.17, 15) is 29.1 Å². The van der Waals surface area contributed by atoms with E-state index >= 15 is 0 Å². The summed E-state index contributed by atoms with van der Waals surface area (Å²) in [6, 6.07) is 24.3. The van der Waals surface area contributed by atoms with Crippen LogP contribution in [0.15, 0.2) is 107 Å². The lowest BCUT2D eigenvalue weighted by molar-refractivity contribution is -0.125. The summed E-state index contributed by atoms with van der Waals surface area (Å²) in [6.07, 6.45) is 4.97. The van der Waals surface area contributed by atoms with Gasteiger partial charge in [-0.1, -0.05) is 80.6 Å². The molecule has 434 valence electrons. The minimum absolute atomic E-state index is 0.00254. The van der Waals surface area contributed by atoms with E-state index in [0.29, 0.717) is 80.8 Å². The first-order valence-electron chi connectivity index (χ1n) is 28.4. The van der Waals surface area contributed by atoms with Gasteiger partial charge in [0.15, 0.2) is 0 Å². The van der Waals surface area contributed by atoms with E-state index in [2.05, 4.69) is 69.5 Å². The number of anilines is 2. The van der Waals surface area contributed by atoms with Crippen LogP contribution in [0.1, 0.15) is 116 Å². The SMILES string of the molecule is CC/N=C1/C=C2Oc3cc(NCC)c(C)cc3C(c3ccc(C(=O)NCCOCCOCCOCCNC(=O)CCC(=O)N4Cc5ccccc5-c5c(nnn5CCCC(=O)NCC(C)(C)C)-c5ccccc54)cc3C(=O)O)C2C=C1C. The van der Waals surface area contributed by atoms with Crippen LogP contribution in [0.3, 0.4) is 0 Å². The number of allylic oxidation sites excluding steroid dienone is 3. The predicted molar refractivity (Wildman–Crippen MR) is 315 cm³/mol. The molecule has 19 nitrogen and oxygen atoms in total. The number of hydrogen-bond acceptors (Lipinski definition) is 13. The Balaban J connectivity index is 0.735. The maximum atomic E-state index is 14.0. The van der Waals surface area contributed by atoms with Gasteiger partial charge in [0.25, 0.3) is 5.91 Å². The topological polar surface area (TPSA) is 237 Å². The lowest BCUT2D eigenvalue weighted by Gasteiger charge is -2.37. The highest BCUT2D eigenvalue weighted by atomic mass is 16.5. The van der Waals surface area contributed by atoms with Crippen LogP contribution in [-0.4, -0.2) is 128 Å². The Kier molecular flexibility index (Phi) is 20.6. The monoisotopic (exact) mass is 1120 g/mol. The Morgan fingerprint density at radius 3 is 2.21 bits per heavy atom. The van der Waals surface area contributed by atoms with Crippen LogP contribution in [0.25, 0.3) is 22.5 Å². The van der Waals surface area contributed by atoms with Gasteiger partial charge in [0.1, 0.15) is 17.2 Å². The average Bonchev–Trinajstić information content (AvgIpc) is 3.96. The Morgan fingerprint density at radius 2 is 1.49 bits per heavy atom. The molecule has 82 heavy (non-hydrogen) atoms. The minimum Gasteiger partial charge on any atom is -0.478 e. The molecule has 19 heteroatoms. The molecule has 5 aromatic rings. The highest BCUT2D eigenvalue weighted by molar-refractivity contribution is 6.09. The van der Waals surface area contributed by atoms with E-state index in [4.69, 9.17) is 18.9 Å². The van der Waals surface area contributed by atoms with Gasteiger partial charge in [-0.25, -0.2) is 9.48 Å². The predicted octanol–water partition coefficient (Wildman–Crippen LogP) is 8.66. The second kappa shape index (κ2) is 28.1. The molecule has 0 fully saturated rings. The van der Waals surface area contributed by atoms with Crippen LogP contribution in [0, 0.1) is 18.3 Å². The van der Waals surface area contributed by atoms with Crippen molar-refractivity contribution in [1.82, 2.24) is 30.9 Å². The van der Waals surface area contributed by atoms with Crippen LogP contribution in [-0.2, 0) is 41.7 Å². The third-order valence-electron chi connectivity index (χ3n) is 14.4. The molecule has 0 spiro atoms. The number of nitrogens with one attached hydrogen (secondary N) is 4. The smallest absolute Gasteiger partial charge is 0.336 e. The van der Waals surface area contributed by atoms with Gasteiger partial charge in [-0.15, -0.1) is 5.10 Å². The van der Waals surface area contributed by atoms with Crippen molar-refractivity contribution >= 4 is 46.7 Å². The zero-order chi connectivity index (χ0) is 58.3. The number of aryl methyl sites for hydroxylation is 2. The van der Waals surface area contributed by atoms with Crippen molar-refractivity contribution in [2.45, 2.75) is 93.2 Å². The van der Waals surface area contributed by atoms with E-state index in [1.54, 1.807) is 17.0 Å². The molecule has 2 aliphatic heterocycles. The first kappa shape index (κ1) is 60.1. The molecular formula is C63H77N9O10. The number of carbonyl (C=O) groups excluding carboxylic acids is 4. The normalized spacial score (nSPS) is 15.7. The number of carboxylic acid groups (broad SMARTS) is 1. The summed E-state index contributed by atoms with van der Waals surface area (Å²) in [7, 11) is 0. The number of nitrogens with zero attached hydrogens (tertiary/aromatic N) is 5. The van der Waals surface area contributed by atoms with Gasteiger partial charge >= 0.3 is 5.97 Å². The molecular weight excluding hydrogens is 1040 g/mol. The van der Waals surface area contributed by atoms with E-state index in [1.165, 1.54) is 6.07 Å².